The third kappa shape index (κ3) is 1.62. The van der Waals surface area contributed by atoms with E-state index in [0.717, 1.165) is 12.2 Å². The first kappa shape index (κ1) is 10.8. The molecule has 0 N–H and O–H groups in total. The molecular formula is C12H13N5O. The van der Waals surface area contributed by atoms with Crippen LogP contribution in [-0.2, 0) is 13.1 Å². The lowest BCUT2D eigenvalue weighted by Crippen LogP contribution is -2.22. The molecule has 6 heteroatoms. The topological polar surface area (TPSA) is 57.1 Å². The van der Waals surface area contributed by atoms with Gasteiger partial charge in [0.2, 0.25) is 0 Å². The highest BCUT2D eigenvalue weighted by molar-refractivity contribution is 5.35. The lowest BCUT2D eigenvalue weighted by Gasteiger charge is -2.03. The van der Waals surface area contributed by atoms with Crippen LogP contribution in [0.3, 0.4) is 0 Å². The van der Waals surface area contributed by atoms with Gasteiger partial charge in [-0.2, -0.15) is 0 Å². The van der Waals surface area contributed by atoms with Crippen molar-refractivity contribution in [3.05, 3.63) is 53.1 Å². The van der Waals surface area contributed by atoms with E-state index in [1.807, 2.05) is 29.7 Å². The second-order valence-corrected chi connectivity index (χ2v) is 4.04. The normalized spacial score (nSPS) is 11.2. The average molecular weight is 243 g/mol. The van der Waals surface area contributed by atoms with Crippen molar-refractivity contribution in [2.24, 2.45) is 0 Å². The zero-order valence-corrected chi connectivity index (χ0v) is 10.0. The molecule has 0 aromatic carbocycles. The van der Waals surface area contributed by atoms with Gasteiger partial charge in [0.05, 0.1) is 24.8 Å². The standard InChI is InChI=1S/C12H13N5O/c1-2-15-9-13-7-10(15)8-17-12(18)16-6-4-3-5-11(16)14-17/h3-7,9H,2,8H2,1H3. The Morgan fingerprint density at radius 3 is 3.00 bits per heavy atom. The summed E-state index contributed by atoms with van der Waals surface area (Å²) in [7, 11) is 0. The lowest BCUT2D eigenvalue weighted by atomic mass is 10.4. The van der Waals surface area contributed by atoms with E-state index in [9.17, 15) is 4.79 Å². The van der Waals surface area contributed by atoms with E-state index in [0.29, 0.717) is 12.2 Å². The van der Waals surface area contributed by atoms with Crippen LogP contribution in [0.2, 0.25) is 0 Å². The van der Waals surface area contributed by atoms with Gasteiger partial charge in [0, 0.05) is 12.7 Å². The number of fused-ring (bicyclic) bond motifs is 1. The van der Waals surface area contributed by atoms with Crippen molar-refractivity contribution in [3.8, 4) is 0 Å². The quantitative estimate of drug-likeness (QED) is 0.682. The summed E-state index contributed by atoms with van der Waals surface area (Å²) in [6, 6.07) is 5.49. The Balaban J connectivity index is 2.05. The molecule has 0 bridgehead atoms. The highest BCUT2D eigenvalue weighted by atomic mass is 16.2. The Labute approximate surface area is 103 Å². The second kappa shape index (κ2) is 4.14. The summed E-state index contributed by atoms with van der Waals surface area (Å²) in [5.41, 5.74) is 1.50. The van der Waals surface area contributed by atoms with Crippen molar-refractivity contribution in [1.29, 1.82) is 0 Å². The van der Waals surface area contributed by atoms with E-state index in [4.69, 9.17) is 0 Å². The highest BCUT2D eigenvalue weighted by Gasteiger charge is 2.08. The number of pyridine rings is 1. The van der Waals surface area contributed by atoms with Crippen molar-refractivity contribution in [2.45, 2.75) is 20.0 Å². The summed E-state index contributed by atoms with van der Waals surface area (Å²) in [5, 5.41) is 4.29. The molecule has 3 aromatic rings. The first-order chi connectivity index (χ1) is 8.79. The Bertz CT molecular complexity index is 736. The fraction of sp³-hybridized carbons (Fsp3) is 0.250. The summed E-state index contributed by atoms with van der Waals surface area (Å²) in [6.45, 7) is 3.31. The number of imidazole rings is 1. The predicted octanol–water partition coefficient (Wildman–Crippen LogP) is 0.761. The zero-order valence-electron chi connectivity index (χ0n) is 10.0. The Morgan fingerprint density at radius 2 is 2.22 bits per heavy atom. The third-order valence-corrected chi connectivity index (χ3v) is 2.94. The molecule has 0 radical (unpaired) electrons. The van der Waals surface area contributed by atoms with Gasteiger partial charge in [-0.15, -0.1) is 5.10 Å². The van der Waals surface area contributed by atoms with Gasteiger partial charge in [-0.25, -0.2) is 14.5 Å². The minimum atomic E-state index is -0.130. The first-order valence-corrected chi connectivity index (χ1v) is 5.83. The maximum Gasteiger partial charge on any atom is 0.350 e. The van der Waals surface area contributed by atoms with Gasteiger partial charge in [0.1, 0.15) is 0 Å². The number of hydrogen-bond donors (Lipinski definition) is 0. The van der Waals surface area contributed by atoms with Gasteiger partial charge in [-0.1, -0.05) is 6.07 Å². The van der Waals surface area contributed by atoms with Gasteiger partial charge in [-0.3, -0.25) is 4.40 Å². The van der Waals surface area contributed by atoms with E-state index in [2.05, 4.69) is 10.1 Å². The number of nitrogens with zero attached hydrogens (tertiary/aromatic N) is 5. The molecule has 18 heavy (non-hydrogen) atoms. The number of hydrogen-bond acceptors (Lipinski definition) is 3. The van der Waals surface area contributed by atoms with E-state index in [-0.39, 0.29) is 5.69 Å². The largest absolute Gasteiger partial charge is 0.350 e. The second-order valence-electron chi connectivity index (χ2n) is 4.04. The van der Waals surface area contributed by atoms with Gasteiger partial charge >= 0.3 is 5.69 Å². The van der Waals surface area contributed by atoms with Crippen molar-refractivity contribution in [1.82, 2.24) is 23.7 Å². The molecule has 3 rings (SSSR count). The molecule has 92 valence electrons. The molecule has 0 saturated heterocycles. The SMILES string of the molecule is CCn1cncc1Cn1nc2ccccn2c1=O. The molecule has 0 amide bonds. The van der Waals surface area contributed by atoms with Crippen LogP contribution in [0.5, 0.6) is 0 Å². The van der Waals surface area contributed by atoms with Crippen LogP contribution in [-0.4, -0.2) is 23.7 Å². The summed E-state index contributed by atoms with van der Waals surface area (Å²) in [5.74, 6) is 0. The van der Waals surface area contributed by atoms with E-state index < -0.39 is 0 Å². The van der Waals surface area contributed by atoms with Crippen molar-refractivity contribution < 1.29 is 0 Å². The Kier molecular flexibility index (Phi) is 2.47. The zero-order chi connectivity index (χ0) is 12.5. The van der Waals surface area contributed by atoms with Gasteiger partial charge in [-0.05, 0) is 19.1 Å². The van der Waals surface area contributed by atoms with Gasteiger partial charge in [0.25, 0.3) is 0 Å². The van der Waals surface area contributed by atoms with E-state index >= 15 is 0 Å². The molecule has 0 aliphatic rings. The van der Waals surface area contributed by atoms with Gasteiger partial charge in [0.15, 0.2) is 5.65 Å². The van der Waals surface area contributed by atoms with Crippen LogP contribution in [0.4, 0.5) is 0 Å². The number of aromatic nitrogens is 5. The fourth-order valence-electron chi connectivity index (χ4n) is 1.99. The van der Waals surface area contributed by atoms with Crippen LogP contribution >= 0.6 is 0 Å². The van der Waals surface area contributed by atoms with Crippen LogP contribution in [0.25, 0.3) is 5.65 Å². The summed E-state index contributed by atoms with van der Waals surface area (Å²) < 4.78 is 4.99. The minimum Gasteiger partial charge on any atom is -0.333 e. The average Bonchev–Trinajstić information content (AvgIpc) is 2.96. The van der Waals surface area contributed by atoms with Crippen molar-refractivity contribution in [3.63, 3.8) is 0 Å². The molecule has 6 nitrogen and oxygen atoms in total. The minimum absolute atomic E-state index is 0.130. The Hall–Kier alpha value is -2.37. The van der Waals surface area contributed by atoms with Crippen LogP contribution in [0, 0.1) is 0 Å². The van der Waals surface area contributed by atoms with E-state index in [1.165, 1.54) is 9.08 Å². The molecule has 0 saturated carbocycles. The summed E-state index contributed by atoms with van der Waals surface area (Å²) in [4.78, 5) is 16.2. The predicted molar refractivity (Wildman–Crippen MR) is 66.5 cm³/mol. The first-order valence-electron chi connectivity index (χ1n) is 5.83. The molecule has 0 atom stereocenters. The molecule has 0 fully saturated rings. The molecule has 3 aromatic heterocycles. The number of rotatable bonds is 3. The summed E-state index contributed by atoms with van der Waals surface area (Å²) in [6.07, 6.45) is 5.24. The molecule has 0 unspecified atom stereocenters. The fourth-order valence-corrected chi connectivity index (χ4v) is 1.99. The molecule has 3 heterocycles. The third-order valence-electron chi connectivity index (χ3n) is 2.94. The molecule has 0 spiro atoms. The highest BCUT2D eigenvalue weighted by Crippen LogP contribution is 2.02. The maximum atomic E-state index is 12.1. The lowest BCUT2D eigenvalue weighted by molar-refractivity contribution is 0.606. The van der Waals surface area contributed by atoms with E-state index in [1.54, 1.807) is 18.7 Å². The van der Waals surface area contributed by atoms with Crippen molar-refractivity contribution in [2.75, 3.05) is 0 Å². The van der Waals surface area contributed by atoms with Crippen LogP contribution < -0.4 is 5.69 Å². The molecule has 0 aliphatic heterocycles. The molecule has 0 aliphatic carbocycles. The Morgan fingerprint density at radius 1 is 1.33 bits per heavy atom. The molecular weight excluding hydrogens is 230 g/mol. The van der Waals surface area contributed by atoms with Crippen LogP contribution in [0.1, 0.15) is 12.6 Å². The monoisotopic (exact) mass is 243 g/mol. The number of aryl methyl sites for hydroxylation is 1. The smallest absolute Gasteiger partial charge is 0.333 e. The maximum absolute atomic E-state index is 12.1. The van der Waals surface area contributed by atoms with Crippen LogP contribution in [0.15, 0.2) is 41.7 Å². The summed E-state index contributed by atoms with van der Waals surface area (Å²) >= 11 is 0. The van der Waals surface area contributed by atoms with Crippen molar-refractivity contribution >= 4 is 5.65 Å². The van der Waals surface area contributed by atoms with Gasteiger partial charge < -0.3 is 4.57 Å².